The number of anilines is 1. The highest BCUT2D eigenvalue weighted by atomic mass is 35.5. The minimum atomic E-state index is 0.667. The van der Waals surface area contributed by atoms with E-state index in [1.807, 2.05) is 23.1 Å². The van der Waals surface area contributed by atoms with Gasteiger partial charge in [-0.05, 0) is 24.6 Å². The Bertz CT molecular complexity index is 523. The molecular formula is C13H15Cl2N3. The van der Waals surface area contributed by atoms with Gasteiger partial charge in [0.2, 0.25) is 0 Å². The van der Waals surface area contributed by atoms with Crippen LogP contribution in [0.4, 0.5) is 5.69 Å². The maximum atomic E-state index is 6.08. The molecule has 1 heterocycles. The van der Waals surface area contributed by atoms with Gasteiger partial charge in [0.15, 0.2) is 0 Å². The van der Waals surface area contributed by atoms with Gasteiger partial charge in [0.05, 0.1) is 16.9 Å². The molecular weight excluding hydrogens is 269 g/mol. The van der Waals surface area contributed by atoms with Gasteiger partial charge in [0.25, 0.3) is 0 Å². The van der Waals surface area contributed by atoms with Crippen LogP contribution in [0.25, 0.3) is 0 Å². The lowest BCUT2D eigenvalue weighted by molar-refractivity contribution is 0.602. The fourth-order valence-corrected chi connectivity index (χ4v) is 2.04. The predicted octanol–water partition coefficient (Wildman–Crippen LogP) is 4.21. The third kappa shape index (κ3) is 3.40. The molecule has 96 valence electrons. The first-order chi connectivity index (χ1) is 8.69. The van der Waals surface area contributed by atoms with Crippen molar-refractivity contribution in [2.45, 2.75) is 26.4 Å². The first-order valence-electron chi connectivity index (χ1n) is 5.89. The van der Waals surface area contributed by atoms with Gasteiger partial charge in [0.1, 0.15) is 0 Å². The monoisotopic (exact) mass is 283 g/mol. The second-order valence-electron chi connectivity index (χ2n) is 4.09. The van der Waals surface area contributed by atoms with Crippen molar-refractivity contribution in [3.8, 4) is 0 Å². The van der Waals surface area contributed by atoms with Gasteiger partial charge in [0, 0.05) is 29.9 Å². The molecule has 0 amide bonds. The van der Waals surface area contributed by atoms with Crippen molar-refractivity contribution in [2.24, 2.45) is 0 Å². The Morgan fingerprint density at radius 3 is 2.94 bits per heavy atom. The minimum absolute atomic E-state index is 0.667. The molecule has 3 nitrogen and oxygen atoms in total. The molecule has 0 spiro atoms. The van der Waals surface area contributed by atoms with Crippen LogP contribution in [-0.2, 0) is 13.1 Å². The van der Waals surface area contributed by atoms with Gasteiger partial charge in [-0.15, -0.1) is 0 Å². The summed E-state index contributed by atoms with van der Waals surface area (Å²) in [6, 6.07) is 5.38. The van der Waals surface area contributed by atoms with Gasteiger partial charge in [-0.2, -0.15) is 5.10 Å². The van der Waals surface area contributed by atoms with E-state index >= 15 is 0 Å². The molecule has 0 saturated heterocycles. The highest BCUT2D eigenvalue weighted by molar-refractivity contribution is 6.35. The zero-order chi connectivity index (χ0) is 13.0. The van der Waals surface area contributed by atoms with Crippen LogP contribution in [0.2, 0.25) is 10.0 Å². The topological polar surface area (TPSA) is 29.9 Å². The molecule has 0 bridgehead atoms. The Morgan fingerprint density at radius 2 is 2.17 bits per heavy atom. The van der Waals surface area contributed by atoms with Crippen LogP contribution in [0.5, 0.6) is 0 Å². The summed E-state index contributed by atoms with van der Waals surface area (Å²) in [4.78, 5) is 0. The van der Waals surface area contributed by atoms with E-state index in [1.165, 1.54) is 0 Å². The first kappa shape index (κ1) is 13.2. The van der Waals surface area contributed by atoms with Crippen LogP contribution in [0.15, 0.2) is 30.6 Å². The van der Waals surface area contributed by atoms with Crippen LogP contribution in [0.3, 0.4) is 0 Å². The number of rotatable bonds is 5. The van der Waals surface area contributed by atoms with E-state index in [4.69, 9.17) is 23.2 Å². The number of aryl methyl sites for hydroxylation is 1. The van der Waals surface area contributed by atoms with E-state index in [9.17, 15) is 0 Å². The Labute approximate surface area is 117 Å². The summed E-state index contributed by atoms with van der Waals surface area (Å²) in [5, 5.41) is 8.87. The molecule has 1 aromatic carbocycles. The fourth-order valence-electron chi connectivity index (χ4n) is 1.68. The van der Waals surface area contributed by atoms with Crippen molar-refractivity contribution in [3.63, 3.8) is 0 Å². The summed E-state index contributed by atoms with van der Waals surface area (Å²) in [5.41, 5.74) is 1.96. The Balaban J connectivity index is 1.99. The number of hydrogen-bond acceptors (Lipinski definition) is 2. The Kier molecular flexibility index (Phi) is 4.50. The molecule has 1 aromatic heterocycles. The summed E-state index contributed by atoms with van der Waals surface area (Å²) in [5.74, 6) is 0. The van der Waals surface area contributed by atoms with Gasteiger partial charge in [-0.25, -0.2) is 0 Å². The molecule has 0 aliphatic carbocycles. The van der Waals surface area contributed by atoms with E-state index in [0.29, 0.717) is 16.6 Å². The molecule has 0 aliphatic rings. The lowest BCUT2D eigenvalue weighted by Crippen LogP contribution is -1.99. The average Bonchev–Trinajstić information content (AvgIpc) is 2.79. The molecule has 5 heteroatoms. The fraction of sp³-hybridized carbons (Fsp3) is 0.308. The van der Waals surface area contributed by atoms with Crippen molar-refractivity contribution in [2.75, 3.05) is 5.32 Å². The van der Waals surface area contributed by atoms with Crippen molar-refractivity contribution >= 4 is 28.9 Å². The van der Waals surface area contributed by atoms with Crippen LogP contribution < -0.4 is 5.32 Å². The smallest absolute Gasteiger partial charge is 0.0638 e. The quantitative estimate of drug-likeness (QED) is 0.891. The average molecular weight is 284 g/mol. The highest BCUT2D eigenvalue weighted by Crippen LogP contribution is 2.25. The van der Waals surface area contributed by atoms with Gasteiger partial charge in [-0.1, -0.05) is 30.1 Å². The molecule has 1 N–H and O–H groups in total. The Morgan fingerprint density at radius 1 is 1.33 bits per heavy atom. The van der Waals surface area contributed by atoms with Crippen molar-refractivity contribution < 1.29 is 0 Å². The molecule has 2 rings (SSSR count). The van der Waals surface area contributed by atoms with Crippen LogP contribution in [0, 0.1) is 0 Å². The molecule has 2 aromatic rings. The molecule has 0 atom stereocenters. The minimum Gasteiger partial charge on any atom is -0.380 e. The summed E-state index contributed by atoms with van der Waals surface area (Å²) in [6.45, 7) is 3.76. The molecule has 0 fully saturated rings. The summed E-state index contributed by atoms with van der Waals surface area (Å²) in [6.07, 6.45) is 4.98. The van der Waals surface area contributed by atoms with E-state index in [1.54, 1.807) is 12.1 Å². The van der Waals surface area contributed by atoms with E-state index in [0.717, 1.165) is 24.2 Å². The normalized spacial score (nSPS) is 10.6. The first-order valence-corrected chi connectivity index (χ1v) is 6.65. The van der Waals surface area contributed by atoms with Gasteiger partial charge >= 0.3 is 0 Å². The second-order valence-corrected chi connectivity index (χ2v) is 4.93. The third-order valence-electron chi connectivity index (χ3n) is 2.55. The van der Waals surface area contributed by atoms with Crippen molar-refractivity contribution in [1.29, 1.82) is 0 Å². The second kappa shape index (κ2) is 6.12. The largest absolute Gasteiger partial charge is 0.380 e. The number of hydrogen-bond donors (Lipinski definition) is 1. The predicted molar refractivity (Wildman–Crippen MR) is 76.3 cm³/mol. The molecule has 0 unspecified atom stereocenters. The number of halogens is 2. The SMILES string of the molecule is CCCn1cc(CNc2cc(Cl)ccc2Cl)cn1. The van der Waals surface area contributed by atoms with E-state index in [-0.39, 0.29) is 0 Å². The number of aromatic nitrogens is 2. The molecule has 0 radical (unpaired) electrons. The van der Waals surface area contributed by atoms with Crippen molar-refractivity contribution in [1.82, 2.24) is 9.78 Å². The van der Waals surface area contributed by atoms with E-state index < -0.39 is 0 Å². The van der Waals surface area contributed by atoms with Crippen molar-refractivity contribution in [3.05, 3.63) is 46.2 Å². The lowest BCUT2D eigenvalue weighted by Gasteiger charge is -2.07. The Hall–Kier alpha value is -1.19. The highest BCUT2D eigenvalue weighted by Gasteiger charge is 2.02. The van der Waals surface area contributed by atoms with Crippen LogP contribution in [0.1, 0.15) is 18.9 Å². The maximum Gasteiger partial charge on any atom is 0.0638 e. The maximum absolute atomic E-state index is 6.08. The molecule has 0 aliphatic heterocycles. The number of nitrogens with zero attached hydrogens (tertiary/aromatic N) is 2. The van der Waals surface area contributed by atoms with Gasteiger partial charge in [-0.3, -0.25) is 4.68 Å². The molecule has 0 saturated carbocycles. The van der Waals surface area contributed by atoms with Crippen LogP contribution in [-0.4, -0.2) is 9.78 Å². The van der Waals surface area contributed by atoms with Crippen LogP contribution >= 0.6 is 23.2 Å². The van der Waals surface area contributed by atoms with Gasteiger partial charge < -0.3 is 5.32 Å². The summed E-state index contributed by atoms with van der Waals surface area (Å²) in [7, 11) is 0. The lowest BCUT2D eigenvalue weighted by atomic mass is 10.3. The zero-order valence-corrected chi connectivity index (χ0v) is 11.7. The third-order valence-corrected chi connectivity index (χ3v) is 3.12. The number of nitrogens with one attached hydrogen (secondary N) is 1. The summed E-state index contributed by atoms with van der Waals surface area (Å²) < 4.78 is 1.94. The summed E-state index contributed by atoms with van der Waals surface area (Å²) >= 11 is 12.0. The number of benzene rings is 1. The standard InChI is InChI=1S/C13H15Cl2N3/c1-2-5-18-9-10(8-17-18)7-16-13-6-11(14)3-4-12(13)15/h3-4,6,8-9,16H,2,5,7H2,1H3. The van der Waals surface area contributed by atoms with E-state index in [2.05, 4.69) is 17.3 Å². The zero-order valence-electron chi connectivity index (χ0n) is 10.2. The molecule has 18 heavy (non-hydrogen) atoms.